The topological polar surface area (TPSA) is 36.4 Å². The lowest BCUT2D eigenvalue weighted by Crippen LogP contribution is -2.48. The molecule has 0 aromatic heterocycles. The van der Waals surface area contributed by atoms with Gasteiger partial charge in [-0.15, -0.1) is 11.8 Å². The molecule has 1 aromatic rings. The van der Waals surface area contributed by atoms with Gasteiger partial charge in [0, 0.05) is 29.8 Å². The number of benzene rings is 1. The number of rotatable bonds is 4. The van der Waals surface area contributed by atoms with Crippen LogP contribution >= 0.6 is 11.8 Å². The quantitative estimate of drug-likeness (QED) is 0.386. The highest BCUT2D eigenvalue weighted by molar-refractivity contribution is 7.99. The van der Waals surface area contributed by atoms with Crippen LogP contribution in [0.5, 0.6) is 0 Å². The van der Waals surface area contributed by atoms with Crippen molar-refractivity contribution >= 4 is 17.7 Å². The molecule has 19 heavy (non-hydrogen) atoms. The minimum Gasteiger partial charge on any atom is -0.356 e. The third-order valence-electron chi connectivity index (χ3n) is 2.19. The van der Waals surface area contributed by atoms with Crippen molar-refractivity contribution < 1.29 is 4.39 Å². The van der Waals surface area contributed by atoms with Crippen molar-refractivity contribution in [1.82, 2.24) is 10.6 Å². The second-order valence-electron chi connectivity index (χ2n) is 5.18. The molecule has 0 unspecified atom stereocenters. The van der Waals surface area contributed by atoms with Gasteiger partial charge in [0.25, 0.3) is 0 Å². The zero-order valence-corrected chi connectivity index (χ0v) is 12.8. The summed E-state index contributed by atoms with van der Waals surface area (Å²) < 4.78 is 12.7. The number of thioether (sulfide) groups is 1. The molecule has 0 fully saturated rings. The molecule has 1 aromatic carbocycles. The van der Waals surface area contributed by atoms with Crippen LogP contribution in [0.4, 0.5) is 4.39 Å². The van der Waals surface area contributed by atoms with E-state index in [0.717, 1.165) is 23.2 Å². The maximum Gasteiger partial charge on any atom is 0.191 e. The second kappa shape index (κ2) is 7.38. The summed E-state index contributed by atoms with van der Waals surface area (Å²) in [6, 6.07) is 6.55. The first-order valence-corrected chi connectivity index (χ1v) is 7.26. The molecule has 2 N–H and O–H groups in total. The molecular weight excluding hydrogens is 261 g/mol. The first kappa shape index (κ1) is 15.8. The Morgan fingerprint density at radius 1 is 1.26 bits per heavy atom. The molecule has 3 nitrogen and oxygen atoms in total. The molecule has 0 aliphatic rings. The van der Waals surface area contributed by atoms with E-state index in [-0.39, 0.29) is 11.4 Å². The van der Waals surface area contributed by atoms with Crippen LogP contribution < -0.4 is 10.6 Å². The highest BCUT2D eigenvalue weighted by Gasteiger charge is 2.11. The Hall–Kier alpha value is -1.23. The van der Waals surface area contributed by atoms with Crippen LogP contribution in [0, 0.1) is 5.82 Å². The molecule has 0 saturated carbocycles. The normalized spacial score (nSPS) is 12.4. The zero-order valence-electron chi connectivity index (χ0n) is 12.0. The van der Waals surface area contributed by atoms with Gasteiger partial charge in [-0.2, -0.15) is 0 Å². The fourth-order valence-corrected chi connectivity index (χ4v) is 2.17. The van der Waals surface area contributed by atoms with E-state index in [1.165, 1.54) is 12.1 Å². The van der Waals surface area contributed by atoms with Gasteiger partial charge < -0.3 is 10.6 Å². The fraction of sp³-hybridized carbons (Fsp3) is 0.500. The van der Waals surface area contributed by atoms with Gasteiger partial charge in [-0.3, -0.25) is 4.99 Å². The first-order valence-electron chi connectivity index (χ1n) is 6.28. The smallest absolute Gasteiger partial charge is 0.191 e. The van der Waals surface area contributed by atoms with Gasteiger partial charge in [0.15, 0.2) is 5.96 Å². The third kappa shape index (κ3) is 7.06. The van der Waals surface area contributed by atoms with Crippen molar-refractivity contribution in [2.75, 3.05) is 19.3 Å². The van der Waals surface area contributed by atoms with Crippen LogP contribution in [0.3, 0.4) is 0 Å². The van der Waals surface area contributed by atoms with Crippen molar-refractivity contribution in [1.29, 1.82) is 0 Å². The van der Waals surface area contributed by atoms with Gasteiger partial charge in [0.1, 0.15) is 5.82 Å². The predicted octanol–water partition coefficient (Wildman–Crippen LogP) is 2.88. The van der Waals surface area contributed by atoms with Gasteiger partial charge in [-0.1, -0.05) is 0 Å². The lowest BCUT2D eigenvalue weighted by molar-refractivity contribution is 0.502. The van der Waals surface area contributed by atoms with Gasteiger partial charge in [0.2, 0.25) is 0 Å². The Morgan fingerprint density at radius 2 is 1.89 bits per heavy atom. The molecule has 106 valence electrons. The van der Waals surface area contributed by atoms with Gasteiger partial charge >= 0.3 is 0 Å². The van der Waals surface area contributed by atoms with Gasteiger partial charge in [0.05, 0.1) is 0 Å². The lowest BCUT2D eigenvalue weighted by atomic mass is 10.1. The maximum absolute atomic E-state index is 12.7. The van der Waals surface area contributed by atoms with Crippen LogP contribution in [-0.2, 0) is 0 Å². The van der Waals surface area contributed by atoms with Crippen LogP contribution in [-0.4, -0.2) is 30.8 Å². The van der Waals surface area contributed by atoms with E-state index in [9.17, 15) is 4.39 Å². The van der Waals surface area contributed by atoms with Gasteiger partial charge in [-0.05, 0) is 45.0 Å². The molecule has 0 radical (unpaired) electrons. The van der Waals surface area contributed by atoms with E-state index in [1.54, 1.807) is 30.9 Å². The van der Waals surface area contributed by atoms with Crippen molar-refractivity contribution in [3.63, 3.8) is 0 Å². The van der Waals surface area contributed by atoms with E-state index in [0.29, 0.717) is 0 Å². The standard InChI is InChI=1S/C14H22FN3S/c1-14(2,3)18-13(16-4)17-9-10-19-12-7-5-11(15)6-8-12/h5-8H,9-10H2,1-4H3,(H2,16,17,18). The number of hydrogen-bond acceptors (Lipinski definition) is 2. The van der Waals surface area contributed by atoms with Crippen LogP contribution in [0.1, 0.15) is 20.8 Å². The summed E-state index contributed by atoms with van der Waals surface area (Å²) in [5.41, 5.74) is -0.00799. The Morgan fingerprint density at radius 3 is 2.42 bits per heavy atom. The van der Waals surface area contributed by atoms with Crippen molar-refractivity contribution in [2.24, 2.45) is 4.99 Å². The number of aliphatic imine (C=N–C) groups is 1. The number of nitrogens with one attached hydrogen (secondary N) is 2. The monoisotopic (exact) mass is 283 g/mol. The summed E-state index contributed by atoms with van der Waals surface area (Å²) >= 11 is 1.69. The molecule has 0 saturated heterocycles. The molecular formula is C14H22FN3S. The minimum atomic E-state index is -0.197. The average molecular weight is 283 g/mol. The number of hydrogen-bond donors (Lipinski definition) is 2. The maximum atomic E-state index is 12.7. The van der Waals surface area contributed by atoms with Crippen molar-refractivity contribution in [2.45, 2.75) is 31.2 Å². The van der Waals surface area contributed by atoms with E-state index in [1.807, 2.05) is 0 Å². The number of nitrogens with zero attached hydrogens (tertiary/aromatic N) is 1. The Labute approximate surface area is 119 Å². The number of guanidine groups is 1. The van der Waals surface area contributed by atoms with Crippen molar-refractivity contribution in [3.8, 4) is 0 Å². The second-order valence-corrected chi connectivity index (χ2v) is 6.34. The summed E-state index contributed by atoms with van der Waals surface area (Å²) in [7, 11) is 1.76. The molecule has 0 atom stereocenters. The highest BCUT2D eigenvalue weighted by Crippen LogP contribution is 2.17. The summed E-state index contributed by atoms with van der Waals surface area (Å²) in [5, 5.41) is 6.54. The van der Waals surface area contributed by atoms with Crippen molar-refractivity contribution in [3.05, 3.63) is 30.1 Å². The van der Waals surface area contributed by atoms with E-state index in [2.05, 4.69) is 36.4 Å². The fourth-order valence-electron chi connectivity index (χ4n) is 1.40. The minimum absolute atomic E-state index is 0.00799. The average Bonchev–Trinajstić information content (AvgIpc) is 2.34. The molecule has 0 spiro atoms. The third-order valence-corrected chi connectivity index (χ3v) is 3.21. The van der Waals surface area contributed by atoms with Crippen LogP contribution in [0.15, 0.2) is 34.2 Å². The van der Waals surface area contributed by atoms with E-state index < -0.39 is 0 Å². The molecule has 0 heterocycles. The largest absolute Gasteiger partial charge is 0.356 e. The molecule has 0 bridgehead atoms. The summed E-state index contributed by atoms with van der Waals surface area (Å²) in [5.74, 6) is 1.50. The molecule has 0 amide bonds. The molecule has 0 aliphatic carbocycles. The van der Waals surface area contributed by atoms with E-state index >= 15 is 0 Å². The van der Waals surface area contributed by atoms with Crippen LogP contribution in [0.25, 0.3) is 0 Å². The predicted molar refractivity (Wildman–Crippen MR) is 81.4 cm³/mol. The van der Waals surface area contributed by atoms with E-state index in [4.69, 9.17) is 0 Å². The molecule has 0 aliphatic heterocycles. The SMILES string of the molecule is CN=C(NCCSc1ccc(F)cc1)NC(C)(C)C. The van der Waals surface area contributed by atoms with Crippen LogP contribution in [0.2, 0.25) is 0 Å². The Bertz CT molecular complexity index is 410. The Balaban J connectivity index is 2.28. The molecule has 1 rings (SSSR count). The molecule has 5 heteroatoms. The first-order chi connectivity index (χ1) is 8.90. The zero-order chi connectivity index (χ0) is 14.3. The number of halogens is 1. The summed E-state index contributed by atoms with van der Waals surface area (Å²) in [6.07, 6.45) is 0. The Kier molecular flexibility index (Phi) is 6.15. The lowest BCUT2D eigenvalue weighted by Gasteiger charge is -2.23. The highest BCUT2D eigenvalue weighted by atomic mass is 32.2. The summed E-state index contributed by atoms with van der Waals surface area (Å²) in [4.78, 5) is 5.24. The van der Waals surface area contributed by atoms with Gasteiger partial charge in [-0.25, -0.2) is 4.39 Å². The summed E-state index contributed by atoms with van der Waals surface area (Å²) in [6.45, 7) is 7.07.